The van der Waals surface area contributed by atoms with Gasteiger partial charge in [0.05, 0.1) is 24.4 Å². The van der Waals surface area contributed by atoms with E-state index in [0.29, 0.717) is 23.6 Å². The van der Waals surface area contributed by atoms with Crippen molar-refractivity contribution in [3.8, 4) is 11.5 Å². The highest BCUT2D eigenvalue weighted by atomic mass is 32.1. The van der Waals surface area contributed by atoms with E-state index in [9.17, 15) is 4.79 Å². The monoisotopic (exact) mass is 307 g/mol. The maximum absolute atomic E-state index is 11.5. The number of nitrogens with zero attached hydrogens (tertiary/aromatic N) is 1. The zero-order chi connectivity index (χ0) is 15.2. The quantitative estimate of drug-likeness (QED) is 0.482. The van der Waals surface area contributed by atoms with Crippen LogP contribution in [0.1, 0.15) is 20.4 Å². The molecular formula is C14H17N3O3S. The molecule has 1 amide bonds. The number of nitrogen functional groups attached to an aromatic ring is 1. The van der Waals surface area contributed by atoms with Crippen molar-refractivity contribution < 1.29 is 14.3 Å². The summed E-state index contributed by atoms with van der Waals surface area (Å²) in [4.78, 5) is 16.4. The Labute approximate surface area is 126 Å². The summed E-state index contributed by atoms with van der Waals surface area (Å²) in [5, 5.41) is 0.842. The Morgan fingerprint density at radius 1 is 1.43 bits per heavy atom. The van der Waals surface area contributed by atoms with E-state index in [1.807, 2.05) is 24.3 Å². The number of carbonyl (C=O) groups is 1. The lowest BCUT2D eigenvalue weighted by atomic mass is 10.3. The van der Waals surface area contributed by atoms with Crippen LogP contribution in [0.5, 0.6) is 11.5 Å². The van der Waals surface area contributed by atoms with Crippen molar-refractivity contribution in [2.45, 2.75) is 13.3 Å². The Bertz CT molecular complexity index is 628. The molecule has 2 rings (SSSR count). The molecule has 2 aromatic rings. The van der Waals surface area contributed by atoms with E-state index in [2.05, 4.69) is 10.4 Å². The number of aryl methyl sites for hydroxylation is 1. The zero-order valence-corrected chi connectivity index (χ0v) is 12.7. The van der Waals surface area contributed by atoms with Gasteiger partial charge >= 0.3 is 0 Å². The number of aromatic nitrogens is 1. The highest BCUT2D eigenvalue weighted by molar-refractivity contribution is 7.13. The van der Waals surface area contributed by atoms with Gasteiger partial charge in [0, 0.05) is 12.5 Å². The first-order chi connectivity index (χ1) is 10.1. The molecule has 3 N–H and O–H groups in total. The van der Waals surface area contributed by atoms with Gasteiger partial charge in [-0.05, 0) is 19.1 Å². The third-order valence-electron chi connectivity index (χ3n) is 2.80. The average molecular weight is 307 g/mol. The molecule has 0 aliphatic carbocycles. The number of hydrazine groups is 1. The molecule has 21 heavy (non-hydrogen) atoms. The van der Waals surface area contributed by atoms with Gasteiger partial charge in [-0.2, -0.15) is 0 Å². The Balaban J connectivity index is 1.93. The lowest BCUT2D eigenvalue weighted by molar-refractivity contribution is 0.0957. The fraction of sp³-hybridized carbons (Fsp3) is 0.286. The standard InChI is InChI=1S/C14H17N3O3S/c1-9-13(14(18)17-15)21-12(16-9)6-7-20-11-5-3-4-10(8-11)19-2/h3-5,8H,6-7,15H2,1-2H3,(H,17,18). The van der Waals surface area contributed by atoms with Gasteiger partial charge in [0.25, 0.3) is 5.91 Å². The second kappa shape index (κ2) is 7.05. The molecule has 0 spiro atoms. The van der Waals surface area contributed by atoms with Crippen LogP contribution in [0, 0.1) is 6.92 Å². The van der Waals surface area contributed by atoms with Gasteiger partial charge in [0.2, 0.25) is 0 Å². The van der Waals surface area contributed by atoms with Crippen LogP contribution in [0.25, 0.3) is 0 Å². The van der Waals surface area contributed by atoms with Crippen LogP contribution in [0.3, 0.4) is 0 Å². The molecule has 0 saturated heterocycles. The molecule has 7 heteroatoms. The van der Waals surface area contributed by atoms with E-state index in [1.165, 1.54) is 11.3 Å². The summed E-state index contributed by atoms with van der Waals surface area (Å²) in [5.41, 5.74) is 2.80. The van der Waals surface area contributed by atoms with E-state index >= 15 is 0 Å². The Hall–Kier alpha value is -2.12. The number of benzene rings is 1. The molecule has 0 aliphatic rings. The van der Waals surface area contributed by atoms with Gasteiger partial charge < -0.3 is 9.47 Å². The van der Waals surface area contributed by atoms with Crippen LogP contribution in [0.15, 0.2) is 24.3 Å². The first-order valence-corrected chi connectivity index (χ1v) is 7.19. The van der Waals surface area contributed by atoms with Crippen molar-refractivity contribution in [1.82, 2.24) is 10.4 Å². The van der Waals surface area contributed by atoms with Gasteiger partial charge in [-0.25, -0.2) is 10.8 Å². The summed E-state index contributed by atoms with van der Waals surface area (Å²) in [5.74, 6) is 6.30. The van der Waals surface area contributed by atoms with Gasteiger partial charge in [-0.1, -0.05) is 6.07 Å². The van der Waals surface area contributed by atoms with Crippen molar-refractivity contribution in [1.29, 1.82) is 0 Å². The molecule has 0 unspecified atom stereocenters. The maximum Gasteiger partial charge on any atom is 0.277 e. The number of carbonyl (C=O) groups excluding carboxylic acids is 1. The molecule has 112 valence electrons. The van der Waals surface area contributed by atoms with Crippen molar-refractivity contribution in [2.24, 2.45) is 5.84 Å². The number of nitrogens with one attached hydrogen (secondary N) is 1. The minimum Gasteiger partial charge on any atom is -0.497 e. The third kappa shape index (κ3) is 3.93. The first kappa shape index (κ1) is 15.3. The van der Waals surface area contributed by atoms with E-state index in [1.54, 1.807) is 14.0 Å². The number of methoxy groups -OCH3 is 1. The lowest BCUT2D eigenvalue weighted by Gasteiger charge is -2.06. The van der Waals surface area contributed by atoms with E-state index in [4.69, 9.17) is 15.3 Å². The van der Waals surface area contributed by atoms with Gasteiger partial charge in [0.1, 0.15) is 16.4 Å². The van der Waals surface area contributed by atoms with Gasteiger partial charge in [-0.15, -0.1) is 11.3 Å². The van der Waals surface area contributed by atoms with Gasteiger partial charge in [0.15, 0.2) is 0 Å². The molecule has 0 aliphatic heterocycles. The summed E-state index contributed by atoms with van der Waals surface area (Å²) in [6.07, 6.45) is 0.626. The topological polar surface area (TPSA) is 86.5 Å². The predicted octanol–water partition coefficient (Wildman–Crippen LogP) is 1.69. The number of hydrogen-bond acceptors (Lipinski definition) is 6. The molecule has 0 bridgehead atoms. The lowest BCUT2D eigenvalue weighted by Crippen LogP contribution is -2.29. The van der Waals surface area contributed by atoms with E-state index in [-0.39, 0.29) is 5.91 Å². The molecule has 0 fully saturated rings. The highest BCUT2D eigenvalue weighted by Gasteiger charge is 2.14. The van der Waals surface area contributed by atoms with Crippen molar-refractivity contribution in [2.75, 3.05) is 13.7 Å². The van der Waals surface area contributed by atoms with Crippen molar-refractivity contribution in [3.63, 3.8) is 0 Å². The van der Waals surface area contributed by atoms with Crippen LogP contribution < -0.4 is 20.7 Å². The Kier molecular flexibility index (Phi) is 5.13. The summed E-state index contributed by atoms with van der Waals surface area (Å²) < 4.78 is 10.8. The Morgan fingerprint density at radius 3 is 2.90 bits per heavy atom. The number of amides is 1. The number of nitrogens with two attached hydrogens (primary N) is 1. The molecule has 0 atom stereocenters. The molecule has 0 radical (unpaired) electrons. The molecular weight excluding hydrogens is 290 g/mol. The van der Waals surface area contributed by atoms with Crippen molar-refractivity contribution in [3.05, 3.63) is 39.8 Å². The predicted molar refractivity (Wildman–Crippen MR) is 80.7 cm³/mol. The number of rotatable bonds is 6. The average Bonchev–Trinajstić information content (AvgIpc) is 2.87. The van der Waals surface area contributed by atoms with Gasteiger partial charge in [-0.3, -0.25) is 10.2 Å². The highest BCUT2D eigenvalue weighted by Crippen LogP contribution is 2.21. The number of thiazole rings is 1. The fourth-order valence-electron chi connectivity index (χ4n) is 1.78. The smallest absolute Gasteiger partial charge is 0.277 e. The fourth-order valence-corrected chi connectivity index (χ4v) is 2.73. The normalized spacial score (nSPS) is 10.2. The summed E-state index contributed by atoms with van der Waals surface area (Å²) in [7, 11) is 1.61. The third-order valence-corrected chi connectivity index (χ3v) is 4.02. The number of hydrogen-bond donors (Lipinski definition) is 2. The summed E-state index contributed by atoms with van der Waals surface area (Å²) in [6.45, 7) is 2.26. The molecule has 6 nitrogen and oxygen atoms in total. The van der Waals surface area contributed by atoms with Crippen LogP contribution >= 0.6 is 11.3 Å². The number of ether oxygens (including phenoxy) is 2. The summed E-state index contributed by atoms with van der Waals surface area (Å²) >= 11 is 1.33. The largest absolute Gasteiger partial charge is 0.497 e. The minimum atomic E-state index is -0.315. The molecule has 1 heterocycles. The van der Waals surface area contributed by atoms with Crippen LogP contribution in [-0.2, 0) is 6.42 Å². The SMILES string of the molecule is COc1cccc(OCCc2nc(C)c(C(=O)NN)s2)c1. The Morgan fingerprint density at radius 2 is 2.19 bits per heavy atom. The second-order valence-electron chi connectivity index (χ2n) is 4.27. The maximum atomic E-state index is 11.5. The van der Waals surface area contributed by atoms with Crippen LogP contribution in [0.2, 0.25) is 0 Å². The zero-order valence-electron chi connectivity index (χ0n) is 11.9. The van der Waals surface area contributed by atoms with E-state index in [0.717, 1.165) is 16.5 Å². The first-order valence-electron chi connectivity index (χ1n) is 6.38. The van der Waals surface area contributed by atoms with Crippen molar-refractivity contribution >= 4 is 17.2 Å². The minimum absolute atomic E-state index is 0.315. The molecule has 1 aromatic carbocycles. The van der Waals surface area contributed by atoms with E-state index < -0.39 is 0 Å². The molecule has 0 saturated carbocycles. The van der Waals surface area contributed by atoms with Crippen LogP contribution in [-0.4, -0.2) is 24.6 Å². The van der Waals surface area contributed by atoms with Crippen LogP contribution in [0.4, 0.5) is 0 Å². The molecule has 1 aromatic heterocycles. The summed E-state index contributed by atoms with van der Waals surface area (Å²) in [6, 6.07) is 7.41. The second-order valence-corrected chi connectivity index (χ2v) is 5.36.